The number of nitro benzene ring substituents is 2. The lowest BCUT2D eigenvalue weighted by atomic mass is 9.97. The highest BCUT2D eigenvalue weighted by Crippen LogP contribution is 2.37. The van der Waals surface area contributed by atoms with E-state index in [9.17, 15) is 63.7 Å². The van der Waals surface area contributed by atoms with E-state index in [0.717, 1.165) is 132 Å². The number of hydrogen-bond acceptors (Lipinski definition) is 26. The quantitative estimate of drug-likeness (QED) is 0.00885. The number of esters is 6. The number of carbonyl (C=O) groups is 8. The Kier molecular flexibility index (Phi) is 51.8. The van der Waals surface area contributed by atoms with E-state index in [2.05, 4.69) is 108 Å². The normalized spacial score (nSPS) is 11.4. The summed E-state index contributed by atoms with van der Waals surface area (Å²) in [6.45, 7) is 34.8. The molecule has 2 aromatic heterocycles. The molecule has 0 aliphatic carbocycles. The van der Waals surface area contributed by atoms with Gasteiger partial charge in [-0.25, -0.2) is 38.4 Å². The molecule has 1 fully saturated rings. The number of carboxylic acids is 2. The monoisotopic (exact) mass is 2240 g/mol. The average molecular weight is 2250 g/mol. The van der Waals surface area contributed by atoms with Crippen LogP contribution in [0.5, 0.6) is 11.5 Å². The minimum absolute atomic E-state index is 0.00525. The SMILES string of the molecule is CCOC(=O)c1c(CC)c(Br)cc2occc12.CCOC(=O)c1c(CC)c(NC2CCOCC2)cc2occc12.CCOC(=O)c1cc(N)cc(Br)c1CC.CCOC(=O)c1cc(O)cc(Br)c1CC.CCOC(=O)c1cc(OCC(C)OCC)cc(Br)c1CC.CCOC(=O)c1cc([N+](=O)[O-])cc(Br)c1CC.CCc1c(Br)cc([N+](=O)[O-])cc1C(=O)O.CCc1ccccc1C(=O)O. The molecule has 726 valence electrons. The van der Waals surface area contributed by atoms with Crippen molar-refractivity contribution in [3.8, 4) is 11.5 Å². The van der Waals surface area contributed by atoms with Crippen LogP contribution in [0.3, 0.4) is 0 Å². The molecule has 0 bridgehead atoms. The maximum absolute atomic E-state index is 12.5. The highest BCUT2D eigenvalue weighted by Gasteiger charge is 2.28. The highest BCUT2D eigenvalue weighted by molar-refractivity contribution is 9.11. The van der Waals surface area contributed by atoms with Crippen LogP contribution >= 0.6 is 95.6 Å². The number of carboxylic acid groups (broad SMARTS) is 2. The van der Waals surface area contributed by atoms with Crippen LogP contribution in [0.4, 0.5) is 22.7 Å². The van der Waals surface area contributed by atoms with Crippen molar-refractivity contribution in [2.45, 2.75) is 187 Å². The van der Waals surface area contributed by atoms with Gasteiger partial charge in [0.2, 0.25) is 0 Å². The number of fused-ring (bicyclic) bond motifs is 2. The Bertz CT molecular complexity index is 5580. The first-order valence-electron chi connectivity index (χ1n) is 43.6. The molecule has 1 saturated heterocycles. The lowest BCUT2D eigenvalue weighted by Gasteiger charge is -2.26. The molecule has 30 nitrogen and oxygen atoms in total. The van der Waals surface area contributed by atoms with E-state index in [1.807, 2.05) is 98.7 Å². The van der Waals surface area contributed by atoms with Crippen molar-refractivity contribution >= 4 is 188 Å². The third-order valence-corrected chi connectivity index (χ3v) is 24.1. The second-order valence-electron chi connectivity index (χ2n) is 28.5. The number of ether oxygens (including phenoxy) is 9. The van der Waals surface area contributed by atoms with Crippen LogP contribution in [-0.2, 0) is 89.3 Å². The van der Waals surface area contributed by atoms with Crippen molar-refractivity contribution in [2.24, 2.45) is 0 Å². The van der Waals surface area contributed by atoms with Gasteiger partial charge in [-0.15, -0.1) is 0 Å². The number of non-ortho nitro benzene ring substituents is 2. The van der Waals surface area contributed by atoms with Gasteiger partial charge in [-0.1, -0.05) is 169 Å². The standard InChI is InChI=1S/C18H23NO4.C16H23BrO4.C13H13BrO3.C11H12BrNO4.C11H14BrNO2.C11H13BrO3.C9H8BrNO4.C9H10O2/c1-3-13-15(19-12-5-8-21-9-6-12)11-16-14(7-10-23-16)17(13)18(20)22-4-2;1-5-13-14(16(18)20-7-3)8-12(9-15(13)17)21-10-11(4)19-6-2;1-3-8-10(14)7-11-9(5-6-17-11)12(8)13(15)16-4-2;1-3-8-9(11(14)17-4-2)5-7(13(15)16)6-10(8)12;2*1-3-8-9(11(14)15-4-2)5-7(13)6-10(8)12;1-2-6-7(9(12)13)3-5(11(14)15)4-8(6)10;1-2-7-5-3-4-6-8(7)9(10)11/h7,10-12,19H,3-6,8-9H2,1-2H3;8-9,11H,5-7,10H2,1-4H3;5-7H,3-4H2,1-2H3;5-6H,3-4H2,1-2H3;5-6H,3-4,13H2,1-2H3;5-6,13H,3-4H2,1-2H3;3-4H,2H2,1H3,(H,12,13);3-6H,2H2,1H3,(H,10,11). The molecule has 3 heterocycles. The van der Waals surface area contributed by atoms with E-state index in [1.165, 1.54) is 24.3 Å². The summed E-state index contributed by atoms with van der Waals surface area (Å²) >= 11 is 20.0. The zero-order valence-corrected chi connectivity index (χ0v) is 87.3. The number of hydrogen-bond donors (Lipinski definition) is 5. The van der Waals surface area contributed by atoms with Crippen LogP contribution in [0.1, 0.15) is 251 Å². The molecule has 1 aliphatic rings. The number of nitrogens with two attached hydrogens (primary N) is 1. The number of aryl methyl sites for hydroxylation is 1. The first-order chi connectivity index (χ1) is 63.9. The van der Waals surface area contributed by atoms with Crippen molar-refractivity contribution in [3.63, 3.8) is 0 Å². The summed E-state index contributed by atoms with van der Waals surface area (Å²) in [5, 5.41) is 53.4. The number of rotatable bonds is 31. The lowest BCUT2D eigenvalue weighted by molar-refractivity contribution is -0.385. The Balaban J connectivity index is 0.000000323. The molecule has 1 unspecified atom stereocenters. The van der Waals surface area contributed by atoms with Gasteiger partial charge in [0.1, 0.15) is 29.3 Å². The smallest absolute Gasteiger partial charge is 0.339 e. The van der Waals surface area contributed by atoms with Gasteiger partial charge in [0.25, 0.3) is 11.4 Å². The van der Waals surface area contributed by atoms with E-state index >= 15 is 0 Å². The molecule has 10 aromatic rings. The van der Waals surface area contributed by atoms with Crippen molar-refractivity contribution in [1.29, 1.82) is 0 Å². The summed E-state index contributed by atoms with van der Waals surface area (Å²) in [5.41, 5.74) is 18.4. The van der Waals surface area contributed by atoms with Crippen molar-refractivity contribution in [3.05, 3.63) is 258 Å². The molecular formula is C98H116Br6N4O26. The number of halogens is 6. The van der Waals surface area contributed by atoms with E-state index in [4.69, 9.17) is 67.4 Å². The molecule has 1 aliphatic heterocycles. The molecule has 6 N–H and O–H groups in total. The third kappa shape index (κ3) is 34.3. The number of carbonyl (C=O) groups excluding carboxylic acids is 6. The van der Waals surface area contributed by atoms with Gasteiger partial charge >= 0.3 is 47.8 Å². The van der Waals surface area contributed by atoms with Crippen LogP contribution in [0.2, 0.25) is 0 Å². The molecule has 0 radical (unpaired) electrons. The van der Waals surface area contributed by atoms with Crippen LogP contribution in [0, 0.1) is 20.2 Å². The van der Waals surface area contributed by atoms with Gasteiger partial charge in [-0.3, -0.25) is 20.2 Å². The number of aromatic carboxylic acids is 2. The lowest BCUT2D eigenvalue weighted by Crippen LogP contribution is -2.28. The topological polar surface area (TPSA) is 431 Å². The van der Waals surface area contributed by atoms with Crippen LogP contribution in [-0.4, -0.2) is 151 Å². The fourth-order valence-electron chi connectivity index (χ4n) is 13.6. The molecule has 0 amide bonds. The molecule has 8 aromatic carbocycles. The van der Waals surface area contributed by atoms with Crippen LogP contribution < -0.4 is 15.8 Å². The summed E-state index contributed by atoms with van der Waals surface area (Å²) in [6.07, 6.45) is 10.7. The molecular weight excluding hydrogens is 2130 g/mol. The number of furan rings is 2. The molecule has 134 heavy (non-hydrogen) atoms. The van der Waals surface area contributed by atoms with Crippen molar-refractivity contribution < 1.29 is 115 Å². The molecule has 0 spiro atoms. The molecule has 0 saturated carbocycles. The first-order valence-corrected chi connectivity index (χ1v) is 48.4. The number of nitrogens with zero attached hydrogens (tertiary/aromatic N) is 2. The maximum atomic E-state index is 12.5. The number of anilines is 2. The van der Waals surface area contributed by atoms with Gasteiger partial charge in [0.05, 0.1) is 113 Å². The summed E-state index contributed by atoms with van der Waals surface area (Å²) in [7, 11) is 0. The Morgan fingerprint density at radius 3 is 1.22 bits per heavy atom. The minimum Gasteiger partial charge on any atom is -0.508 e. The Hall–Kier alpha value is -10.6. The maximum Gasteiger partial charge on any atom is 0.339 e. The minimum atomic E-state index is -1.16. The fourth-order valence-corrected chi connectivity index (χ4v) is 18.0. The van der Waals surface area contributed by atoms with Crippen molar-refractivity contribution in [1.82, 2.24) is 0 Å². The summed E-state index contributed by atoms with van der Waals surface area (Å²) in [5.74, 6) is -3.46. The number of benzene rings is 8. The summed E-state index contributed by atoms with van der Waals surface area (Å²) in [4.78, 5) is 113. The van der Waals surface area contributed by atoms with Gasteiger partial charge in [0, 0.05) is 105 Å². The first kappa shape index (κ1) is 116. The Morgan fingerprint density at radius 1 is 0.433 bits per heavy atom. The number of aromatic hydroxyl groups is 1. The number of phenols is 1. The van der Waals surface area contributed by atoms with Gasteiger partial charge < -0.3 is 77.8 Å². The predicted molar refractivity (Wildman–Crippen MR) is 535 cm³/mol. The number of phenolic OH excluding ortho intramolecular Hbond substituents is 1. The Labute approximate surface area is 830 Å². The largest absolute Gasteiger partial charge is 0.508 e. The average Bonchev–Trinajstić information content (AvgIpc) is 1.72. The molecule has 1 atom stereocenters. The van der Waals surface area contributed by atoms with E-state index < -0.39 is 33.7 Å². The number of nitro groups is 2. The molecule has 11 rings (SSSR count). The van der Waals surface area contributed by atoms with Crippen molar-refractivity contribution in [2.75, 3.05) is 77.1 Å². The van der Waals surface area contributed by atoms with E-state index in [1.54, 1.807) is 96.5 Å². The second-order valence-corrected chi connectivity index (χ2v) is 33.6. The Morgan fingerprint density at radius 2 is 0.806 bits per heavy atom. The summed E-state index contributed by atoms with van der Waals surface area (Å²) in [6, 6.07) is 30.0. The third-order valence-electron chi connectivity index (χ3n) is 19.8. The fraction of sp³-hybridized carbons (Fsp3) is 0.388. The van der Waals surface area contributed by atoms with Crippen LogP contribution in [0.25, 0.3) is 21.9 Å². The second kappa shape index (κ2) is 60.0. The summed E-state index contributed by atoms with van der Waals surface area (Å²) < 4.78 is 62.0. The highest BCUT2D eigenvalue weighted by atomic mass is 79.9. The van der Waals surface area contributed by atoms with Gasteiger partial charge in [0.15, 0.2) is 0 Å². The zero-order chi connectivity index (χ0) is 100. The number of nitrogen functional groups attached to an aromatic ring is 1. The number of nitrogens with one attached hydrogen (secondary N) is 1. The van der Waals surface area contributed by atoms with Crippen LogP contribution in [0.15, 0.2) is 157 Å². The van der Waals surface area contributed by atoms with Gasteiger partial charge in [-0.05, 0) is 225 Å². The molecule has 36 heteroatoms. The van der Waals surface area contributed by atoms with E-state index in [-0.39, 0.29) is 64.8 Å². The predicted octanol–water partition coefficient (Wildman–Crippen LogP) is 25.0. The van der Waals surface area contributed by atoms with E-state index in [0.29, 0.717) is 148 Å². The van der Waals surface area contributed by atoms with Gasteiger partial charge in [-0.2, -0.15) is 0 Å². The zero-order valence-electron chi connectivity index (χ0n) is 77.8.